The SMILES string of the molecule is C=CC=Cc1cc2ccccc2cc1-c1ccc2cccc(C3=CC=Cc4ccc(-c5cc6ccccc6c6ccccc56)cc4C(C)(C)C=C3)c2c1. The molecule has 8 aromatic rings. The maximum Gasteiger partial charge on any atom is 0.00847 e. The van der Waals surface area contributed by atoms with Crippen molar-refractivity contribution in [1.82, 2.24) is 0 Å². The van der Waals surface area contributed by atoms with Crippen LogP contribution in [0.3, 0.4) is 0 Å². The lowest BCUT2D eigenvalue weighted by Gasteiger charge is -2.25. The van der Waals surface area contributed by atoms with Gasteiger partial charge in [-0.2, -0.15) is 0 Å². The molecule has 8 aromatic carbocycles. The van der Waals surface area contributed by atoms with E-state index in [-0.39, 0.29) is 5.41 Å². The van der Waals surface area contributed by atoms with Gasteiger partial charge in [-0.1, -0.05) is 184 Å². The Morgan fingerprint density at radius 3 is 2.02 bits per heavy atom. The quantitative estimate of drug-likeness (QED) is 0.126. The zero-order valence-corrected chi connectivity index (χ0v) is 30.2. The predicted molar refractivity (Wildman–Crippen MR) is 232 cm³/mol. The Bertz CT molecular complexity index is 2870. The molecule has 0 aromatic heterocycles. The van der Waals surface area contributed by atoms with Crippen LogP contribution < -0.4 is 0 Å². The average Bonchev–Trinajstić information content (AvgIpc) is 3.26. The molecule has 0 spiro atoms. The Morgan fingerprint density at radius 2 is 1.19 bits per heavy atom. The molecule has 0 heteroatoms. The molecule has 0 aliphatic heterocycles. The van der Waals surface area contributed by atoms with Crippen LogP contribution in [0.5, 0.6) is 0 Å². The summed E-state index contributed by atoms with van der Waals surface area (Å²) in [6, 6.07) is 53.6. The van der Waals surface area contributed by atoms with E-state index in [0.29, 0.717) is 0 Å². The van der Waals surface area contributed by atoms with Crippen molar-refractivity contribution in [2.24, 2.45) is 0 Å². The van der Waals surface area contributed by atoms with Gasteiger partial charge in [0.2, 0.25) is 0 Å². The van der Waals surface area contributed by atoms with Crippen LogP contribution in [0, 0.1) is 0 Å². The minimum Gasteiger partial charge on any atom is -0.0991 e. The van der Waals surface area contributed by atoms with Crippen molar-refractivity contribution in [1.29, 1.82) is 0 Å². The molecule has 0 heterocycles. The van der Waals surface area contributed by atoms with Crippen molar-refractivity contribution in [2.45, 2.75) is 19.3 Å². The molecule has 9 rings (SSSR count). The third-order valence-electron chi connectivity index (χ3n) is 10.9. The van der Waals surface area contributed by atoms with E-state index in [0.717, 1.165) is 0 Å². The molecule has 1 aliphatic rings. The molecule has 53 heavy (non-hydrogen) atoms. The van der Waals surface area contributed by atoms with Crippen LogP contribution in [0.4, 0.5) is 0 Å². The van der Waals surface area contributed by atoms with Gasteiger partial charge in [0.25, 0.3) is 0 Å². The molecule has 0 fully saturated rings. The molecule has 252 valence electrons. The van der Waals surface area contributed by atoms with Gasteiger partial charge in [0.1, 0.15) is 0 Å². The van der Waals surface area contributed by atoms with E-state index in [2.05, 4.69) is 202 Å². The highest BCUT2D eigenvalue weighted by molar-refractivity contribution is 6.14. The monoisotopic (exact) mass is 676 g/mol. The third kappa shape index (κ3) is 5.93. The van der Waals surface area contributed by atoms with Crippen LogP contribution in [-0.4, -0.2) is 0 Å². The molecule has 0 unspecified atom stereocenters. The summed E-state index contributed by atoms with van der Waals surface area (Å²) in [5.74, 6) is 0. The van der Waals surface area contributed by atoms with Gasteiger partial charge in [-0.25, -0.2) is 0 Å². The van der Waals surface area contributed by atoms with Gasteiger partial charge >= 0.3 is 0 Å². The summed E-state index contributed by atoms with van der Waals surface area (Å²) in [4.78, 5) is 0. The molecule has 0 N–H and O–H groups in total. The van der Waals surface area contributed by atoms with Gasteiger partial charge in [-0.05, 0) is 124 Å². The first-order chi connectivity index (χ1) is 26.0. The van der Waals surface area contributed by atoms with E-state index in [1.165, 1.54) is 93.2 Å². The molecule has 0 amide bonds. The summed E-state index contributed by atoms with van der Waals surface area (Å²) in [6.07, 6.45) is 17.5. The maximum atomic E-state index is 3.92. The molecule has 0 radical (unpaired) electrons. The van der Waals surface area contributed by atoms with Crippen molar-refractivity contribution in [2.75, 3.05) is 0 Å². The van der Waals surface area contributed by atoms with E-state index in [4.69, 9.17) is 0 Å². The fourth-order valence-electron chi connectivity index (χ4n) is 8.11. The van der Waals surface area contributed by atoms with Gasteiger partial charge in [0.15, 0.2) is 0 Å². The van der Waals surface area contributed by atoms with Crippen LogP contribution in [0.1, 0.15) is 36.1 Å². The highest BCUT2D eigenvalue weighted by Crippen LogP contribution is 2.40. The van der Waals surface area contributed by atoms with E-state index in [9.17, 15) is 0 Å². The minimum atomic E-state index is -0.223. The van der Waals surface area contributed by atoms with E-state index < -0.39 is 0 Å². The fraction of sp³-hybridized carbons (Fsp3) is 0.0566. The third-order valence-corrected chi connectivity index (χ3v) is 10.9. The van der Waals surface area contributed by atoms with Crippen molar-refractivity contribution in [3.63, 3.8) is 0 Å². The summed E-state index contributed by atoms with van der Waals surface area (Å²) in [6.45, 7) is 8.59. The lowest BCUT2D eigenvalue weighted by Crippen LogP contribution is -2.15. The predicted octanol–water partition coefficient (Wildman–Crippen LogP) is 14.8. The van der Waals surface area contributed by atoms with Crippen molar-refractivity contribution in [3.05, 3.63) is 211 Å². The van der Waals surface area contributed by atoms with Crippen LogP contribution in [0.25, 0.3) is 83.1 Å². The van der Waals surface area contributed by atoms with Gasteiger partial charge in [0.05, 0.1) is 0 Å². The van der Waals surface area contributed by atoms with Crippen LogP contribution in [0.2, 0.25) is 0 Å². The first kappa shape index (κ1) is 32.4. The molecule has 0 atom stereocenters. The van der Waals surface area contributed by atoms with Gasteiger partial charge in [-0.3, -0.25) is 0 Å². The smallest absolute Gasteiger partial charge is 0.00847 e. The van der Waals surface area contributed by atoms with Crippen LogP contribution >= 0.6 is 0 Å². The summed E-state index contributed by atoms with van der Waals surface area (Å²) >= 11 is 0. The minimum absolute atomic E-state index is 0.223. The second kappa shape index (κ2) is 13.2. The number of allylic oxidation sites excluding steroid dienone is 7. The summed E-state index contributed by atoms with van der Waals surface area (Å²) in [5.41, 5.74) is 10.8. The normalized spacial score (nSPS) is 14.0. The number of benzene rings is 8. The lowest BCUT2D eigenvalue weighted by atomic mass is 9.79. The molecule has 0 saturated carbocycles. The zero-order chi connectivity index (χ0) is 35.9. The molecule has 0 nitrogen and oxygen atoms in total. The molecular weight excluding hydrogens is 637 g/mol. The zero-order valence-electron chi connectivity index (χ0n) is 30.2. The Hall–Kier alpha value is -6.50. The molecule has 0 saturated heterocycles. The average molecular weight is 677 g/mol. The van der Waals surface area contributed by atoms with Crippen molar-refractivity contribution >= 4 is 60.8 Å². The summed E-state index contributed by atoms with van der Waals surface area (Å²) in [7, 11) is 0. The first-order valence-corrected chi connectivity index (χ1v) is 18.5. The maximum absolute atomic E-state index is 3.92. The number of hydrogen-bond donors (Lipinski definition) is 0. The molecular formula is C53H40. The van der Waals surface area contributed by atoms with Gasteiger partial charge in [0, 0.05) is 5.41 Å². The highest BCUT2D eigenvalue weighted by Gasteiger charge is 2.22. The summed E-state index contributed by atoms with van der Waals surface area (Å²) in [5, 5.41) is 10.1. The van der Waals surface area contributed by atoms with Crippen LogP contribution in [0.15, 0.2) is 189 Å². The van der Waals surface area contributed by atoms with Crippen molar-refractivity contribution in [3.8, 4) is 22.3 Å². The Morgan fingerprint density at radius 1 is 0.509 bits per heavy atom. The largest absolute Gasteiger partial charge is 0.0991 e. The number of hydrogen-bond acceptors (Lipinski definition) is 0. The summed E-state index contributed by atoms with van der Waals surface area (Å²) < 4.78 is 0. The van der Waals surface area contributed by atoms with Gasteiger partial charge < -0.3 is 0 Å². The topological polar surface area (TPSA) is 0 Å². The molecule has 1 aliphatic carbocycles. The van der Waals surface area contributed by atoms with Crippen molar-refractivity contribution < 1.29 is 0 Å². The Kier molecular flexibility index (Phi) is 8.10. The van der Waals surface area contributed by atoms with Crippen LogP contribution in [-0.2, 0) is 5.41 Å². The standard InChI is InChI=1S/C53H40/c1-4-5-14-41-31-39-15-6-7-16-40(39)32-49(41)43-27-25-36-19-13-24-45(50(36)34-43)37-18-12-20-38-26-28-44(35-52(38)53(2,3)30-29-37)51-33-42-17-8-9-21-46(42)47-22-10-11-23-48(47)51/h4-35H,1H2,2-3H3. The van der Waals surface area contributed by atoms with E-state index >= 15 is 0 Å². The second-order valence-corrected chi connectivity index (χ2v) is 14.7. The number of fused-ring (bicyclic) bond motifs is 6. The second-order valence-electron chi connectivity index (χ2n) is 14.7. The van der Waals surface area contributed by atoms with E-state index in [1.54, 1.807) is 0 Å². The number of rotatable bonds is 5. The lowest BCUT2D eigenvalue weighted by molar-refractivity contribution is 0.669. The Balaban J connectivity index is 1.14. The first-order valence-electron chi connectivity index (χ1n) is 18.5. The Labute approximate surface area is 312 Å². The highest BCUT2D eigenvalue weighted by atomic mass is 14.3. The fourth-order valence-corrected chi connectivity index (χ4v) is 8.11. The molecule has 0 bridgehead atoms. The van der Waals surface area contributed by atoms with Gasteiger partial charge in [-0.15, -0.1) is 0 Å². The van der Waals surface area contributed by atoms with E-state index in [1.807, 2.05) is 12.2 Å².